The van der Waals surface area contributed by atoms with Crippen LogP contribution in [0.1, 0.15) is 32.2 Å². The predicted octanol–water partition coefficient (Wildman–Crippen LogP) is 3.76. The third-order valence-corrected chi connectivity index (χ3v) is 3.99. The number of benzene rings is 2. The summed E-state index contributed by atoms with van der Waals surface area (Å²) in [7, 11) is 0. The van der Waals surface area contributed by atoms with Gasteiger partial charge < -0.3 is 13.9 Å². The summed E-state index contributed by atoms with van der Waals surface area (Å²) in [6.45, 7) is 3.50. The van der Waals surface area contributed by atoms with Gasteiger partial charge in [-0.1, -0.05) is 36.4 Å². The molecule has 0 spiro atoms. The van der Waals surface area contributed by atoms with Crippen molar-refractivity contribution >= 4 is 17.9 Å². The summed E-state index contributed by atoms with van der Waals surface area (Å²) >= 11 is 0. The first-order valence-corrected chi connectivity index (χ1v) is 9.30. The van der Waals surface area contributed by atoms with Crippen molar-refractivity contribution in [2.75, 3.05) is 0 Å². The van der Waals surface area contributed by atoms with E-state index in [0.717, 1.165) is 0 Å². The van der Waals surface area contributed by atoms with E-state index in [4.69, 9.17) is 13.9 Å². The molecule has 8 heteroatoms. The molecule has 158 valence electrons. The summed E-state index contributed by atoms with van der Waals surface area (Å²) in [5.41, 5.74) is 0.824. The number of imide groups is 1. The molecule has 0 aliphatic rings. The molecule has 0 aliphatic carbocycles. The average Bonchev–Trinajstić information content (AvgIpc) is 3.25. The Kier molecular flexibility index (Phi) is 7.21. The lowest BCUT2D eigenvalue weighted by Crippen LogP contribution is -2.30. The molecule has 0 atom stereocenters. The summed E-state index contributed by atoms with van der Waals surface area (Å²) in [4.78, 5) is 35.7. The molecule has 1 aromatic heterocycles. The Bertz CT molecular complexity index is 976. The second kappa shape index (κ2) is 10.4. The maximum absolute atomic E-state index is 12.0. The number of rotatable bonds is 8. The van der Waals surface area contributed by atoms with Gasteiger partial charge in [0.25, 0.3) is 11.8 Å². The monoisotopic (exact) mass is 420 g/mol. The Morgan fingerprint density at radius 3 is 1.74 bits per heavy atom. The van der Waals surface area contributed by atoms with Gasteiger partial charge in [0.05, 0.1) is 0 Å². The molecule has 0 fully saturated rings. The van der Waals surface area contributed by atoms with Crippen LogP contribution in [0.4, 0.5) is 4.79 Å². The maximum Gasteiger partial charge on any atom is 0.414 e. The van der Waals surface area contributed by atoms with Gasteiger partial charge in [-0.15, -0.1) is 0 Å². The first kappa shape index (κ1) is 21.4. The molecule has 0 saturated carbocycles. The van der Waals surface area contributed by atoms with Crippen LogP contribution in [-0.2, 0) is 22.7 Å². The van der Waals surface area contributed by atoms with Crippen LogP contribution in [0.25, 0.3) is 0 Å². The number of hydrogen-bond acceptors (Lipinski definition) is 6. The molecule has 2 aromatic carbocycles. The smallest absolute Gasteiger partial charge is 0.414 e. The zero-order valence-electron chi connectivity index (χ0n) is 16.5. The second-order valence-corrected chi connectivity index (χ2v) is 6.30. The summed E-state index contributed by atoms with van der Waals surface area (Å²) < 4.78 is 15.9. The van der Waals surface area contributed by atoms with Gasteiger partial charge in [0, 0.05) is 11.1 Å². The van der Waals surface area contributed by atoms with E-state index in [0.29, 0.717) is 22.6 Å². The van der Waals surface area contributed by atoms with Crippen LogP contribution in [-0.4, -0.2) is 17.9 Å². The molecule has 3 amide bonds. The van der Waals surface area contributed by atoms with Crippen molar-refractivity contribution in [1.82, 2.24) is 10.6 Å². The molecular formula is C23H20N2O6. The fraction of sp³-hybridized carbons (Fsp3) is 0.0870. The van der Waals surface area contributed by atoms with Crippen LogP contribution < -0.4 is 10.6 Å². The Balaban J connectivity index is 1.40. The highest BCUT2D eigenvalue weighted by molar-refractivity contribution is 6.02. The van der Waals surface area contributed by atoms with Gasteiger partial charge in [-0.3, -0.25) is 20.2 Å². The first-order chi connectivity index (χ1) is 15.0. The van der Waals surface area contributed by atoms with E-state index in [2.05, 4.69) is 17.2 Å². The first-order valence-electron chi connectivity index (χ1n) is 9.30. The molecule has 0 bridgehead atoms. The summed E-state index contributed by atoms with van der Waals surface area (Å²) in [6, 6.07) is 20.2. The van der Waals surface area contributed by atoms with Crippen LogP contribution in [0.3, 0.4) is 0 Å². The van der Waals surface area contributed by atoms with Crippen molar-refractivity contribution < 1.29 is 28.3 Å². The molecule has 3 rings (SSSR count). The third-order valence-electron chi connectivity index (χ3n) is 3.99. The summed E-state index contributed by atoms with van der Waals surface area (Å²) in [5, 5.41) is 4.66. The normalized spacial score (nSPS) is 10.1. The van der Waals surface area contributed by atoms with E-state index in [9.17, 15) is 14.4 Å². The van der Waals surface area contributed by atoms with Crippen LogP contribution in [0.15, 0.2) is 89.7 Å². The Hall–Kier alpha value is -4.33. The quantitative estimate of drug-likeness (QED) is 0.538. The second-order valence-electron chi connectivity index (χ2n) is 6.30. The number of hydrogen-bond donors (Lipinski definition) is 2. The fourth-order valence-electron chi connectivity index (χ4n) is 2.49. The molecule has 0 unspecified atom stereocenters. The van der Waals surface area contributed by atoms with Gasteiger partial charge in [0.15, 0.2) is 12.5 Å². The molecule has 31 heavy (non-hydrogen) atoms. The van der Waals surface area contributed by atoms with Crippen molar-refractivity contribution in [2.24, 2.45) is 0 Å². The molecular weight excluding hydrogens is 400 g/mol. The van der Waals surface area contributed by atoms with Gasteiger partial charge in [0.1, 0.15) is 18.1 Å². The van der Waals surface area contributed by atoms with E-state index in [1.807, 2.05) is 6.07 Å². The van der Waals surface area contributed by atoms with E-state index < -0.39 is 12.0 Å². The minimum atomic E-state index is -0.889. The molecule has 3 aromatic rings. The minimum Gasteiger partial charge on any atom is -0.471 e. The zero-order chi connectivity index (χ0) is 22.1. The zero-order valence-corrected chi connectivity index (χ0v) is 16.5. The largest absolute Gasteiger partial charge is 0.471 e. The van der Waals surface area contributed by atoms with E-state index in [1.165, 1.54) is 0 Å². The van der Waals surface area contributed by atoms with Gasteiger partial charge in [-0.05, 0) is 43.0 Å². The number of furan rings is 1. The van der Waals surface area contributed by atoms with Crippen molar-refractivity contribution in [3.63, 3.8) is 0 Å². The summed E-state index contributed by atoms with van der Waals surface area (Å²) in [5.74, 6) is -0.0263. The van der Waals surface area contributed by atoms with Gasteiger partial charge in [0.2, 0.25) is 0 Å². The number of ether oxygens (including phenoxy) is 2. The number of amides is 3. The van der Waals surface area contributed by atoms with Crippen molar-refractivity contribution in [3.05, 3.63) is 108 Å². The highest BCUT2D eigenvalue weighted by Crippen LogP contribution is 2.12. The fourth-order valence-corrected chi connectivity index (χ4v) is 2.49. The van der Waals surface area contributed by atoms with Gasteiger partial charge in [-0.2, -0.15) is 0 Å². The number of alkyl carbamates (subject to hydrolysis) is 1. The molecule has 8 nitrogen and oxygen atoms in total. The highest BCUT2D eigenvalue weighted by Gasteiger charge is 2.12. The lowest BCUT2D eigenvalue weighted by atomic mass is 10.2. The van der Waals surface area contributed by atoms with Gasteiger partial charge >= 0.3 is 6.09 Å². The Morgan fingerprint density at radius 2 is 1.19 bits per heavy atom. The average molecular weight is 420 g/mol. The van der Waals surface area contributed by atoms with Crippen molar-refractivity contribution in [1.29, 1.82) is 0 Å². The van der Waals surface area contributed by atoms with E-state index >= 15 is 0 Å². The topological polar surface area (TPSA) is 107 Å². The lowest BCUT2D eigenvalue weighted by Gasteiger charge is -2.09. The minimum absolute atomic E-state index is 0.0204. The highest BCUT2D eigenvalue weighted by atomic mass is 16.6. The van der Waals surface area contributed by atoms with Crippen LogP contribution in [0.2, 0.25) is 0 Å². The maximum atomic E-state index is 12.0. The molecule has 0 saturated heterocycles. The standard InChI is InChI=1S/C23H20N2O6/c1-16(24-21(26)17-8-4-2-5-9-17)29-14-19-12-13-20(31-19)15-30-23(28)25-22(27)18-10-6-3-7-11-18/h2-13H,1,14-15H2,(H,24,26)(H,25,27,28). The molecule has 2 N–H and O–H groups in total. The van der Waals surface area contributed by atoms with E-state index in [1.54, 1.807) is 66.7 Å². The number of carbonyl (C=O) groups excluding carboxylic acids is 3. The molecule has 0 aliphatic heterocycles. The summed E-state index contributed by atoms with van der Waals surface area (Å²) in [6.07, 6.45) is -0.889. The van der Waals surface area contributed by atoms with Crippen LogP contribution in [0, 0.1) is 0 Å². The van der Waals surface area contributed by atoms with Crippen LogP contribution >= 0.6 is 0 Å². The Labute approximate surface area is 178 Å². The molecule has 1 heterocycles. The SMILES string of the molecule is C=C(NC(=O)c1ccccc1)OCc1ccc(COC(=O)NC(=O)c2ccccc2)o1. The van der Waals surface area contributed by atoms with Gasteiger partial charge in [-0.25, -0.2) is 4.79 Å². The number of nitrogens with one attached hydrogen (secondary N) is 2. The predicted molar refractivity (Wildman–Crippen MR) is 111 cm³/mol. The van der Waals surface area contributed by atoms with Crippen molar-refractivity contribution in [2.45, 2.75) is 13.2 Å². The van der Waals surface area contributed by atoms with Crippen molar-refractivity contribution in [3.8, 4) is 0 Å². The lowest BCUT2D eigenvalue weighted by molar-refractivity contribution is 0.0897. The van der Waals surface area contributed by atoms with Crippen LogP contribution in [0.5, 0.6) is 0 Å². The number of carbonyl (C=O) groups is 3. The van der Waals surface area contributed by atoms with E-state index in [-0.39, 0.29) is 25.0 Å². The molecule has 0 radical (unpaired) electrons. The Morgan fingerprint density at radius 1 is 0.710 bits per heavy atom. The third kappa shape index (κ3) is 6.60.